The molecule has 19 heavy (non-hydrogen) atoms. The predicted octanol–water partition coefficient (Wildman–Crippen LogP) is 4.62. The van der Waals surface area contributed by atoms with E-state index in [9.17, 15) is 0 Å². The number of anilines is 2. The molecule has 0 amide bonds. The first-order valence-corrected chi connectivity index (χ1v) is 7.54. The summed E-state index contributed by atoms with van der Waals surface area (Å²) in [5.74, 6) is 0.550. The fourth-order valence-corrected chi connectivity index (χ4v) is 3.14. The van der Waals surface area contributed by atoms with Gasteiger partial charge in [0.1, 0.15) is 0 Å². The Bertz CT molecular complexity index is 503. The third-order valence-electron chi connectivity index (χ3n) is 3.21. The Morgan fingerprint density at radius 1 is 1.05 bits per heavy atom. The first-order chi connectivity index (χ1) is 9.09. The number of hydrogen-bond acceptors (Lipinski definition) is 3. The summed E-state index contributed by atoms with van der Waals surface area (Å²) in [6, 6.07) is 13.2. The average molecular weight is 274 g/mol. The second kappa shape index (κ2) is 6.11. The van der Waals surface area contributed by atoms with Gasteiger partial charge >= 0.3 is 0 Å². The second-order valence-corrected chi connectivity index (χ2v) is 6.27. The molecule has 0 aliphatic heterocycles. The van der Waals surface area contributed by atoms with Crippen molar-refractivity contribution in [2.45, 2.75) is 19.9 Å². The van der Waals surface area contributed by atoms with Crippen LogP contribution >= 0.6 is 11.3 Å². The highest BCUT2D eigenvalue weighted by Gasteiger charge is 2.18. The molecule has 0 aliphatic rings. The van der Waals surface area contributed by atoms with Gasteiger partial charge in [0.25, 0.3) is 0 Å². The molecule has 3 heteroatoms. The van der Waals surface area contributed by atoms with Crippen LogP contribution in [0.3, 0.4) is 0 Å². The smallest absolute Gasteiger partial charge is 0.0630 e. The molecular weight excluding hydrogens is 252 g/mol. The van der Waals surface area contributed by atoms with Crippen molar-refractivity contribution in [2.24, 2.45) is 5.92 Å². The zero-order valence-electron chi connectivity index (χ0n) is 12.1. The van der Waals surface area contributed by atoms with E-state index in [1.54, 1.807) is 0 Å². The van der Waals surface area contributed by atoms with Crippen LogP contribution in [0.4, 0.5) is 11.4 Å². The van der Waals surface area contributed by atoms with Crippen molar-refractivity contribution >= 4 is 22.7 Å². The van der Waals surface area contributed by atoms with Crippen LogP contribution < -0.4 is 10.2 Å². The molecule has 1 heterocycles. The van der Waals surface area contributed by atoms with Crippen LogP contribution in [0.1, 0.15) is 24.8 Å². The van der Waals surface area contributed by atoms with E-state index in [-0.39, 0.29) is 0 Å². The lowest BCUT2D eigenvalue weighted by Crippen LogP contribution is -2.18. The summed E-state index contributed by atoms with van der Waals surface area (Å²) in [6.45, 7) is 4.52. The first-order valence-electron chi connectivity index (χ1n) is 6.66. The summed E-state index contributed by atoms with van der Waals surface area (Å²) in [4.78, 5) is 3.54. The van der Waals surface area contributed by atoms with Crippen LogP contribution in [-0.2, 0) is 0 Å². The Morgan fingerprint density at radius 3 is 2.37 bits per heavy atom. The van der Waals surface area contributed by atoms with Crippen molar-refractivity contribution in [3.8, 4) is 0 Å². The van der Waals surface area contributed by atoms with Gasteiger partial charge in [-0.1, -0.05) is 32.0 Å². The Morgan fingerprint density at radius 2 is 1.79 bits per heavy atom. The number of thiophene rings is 1. The molecule has 1 N–H and O–H groups in total. The molecule has 0 fully saturated rings. The lowest BCUT2D eigenvalue weighted by atomic mass is 10.0. The van der Waals surface area contributed by atoms with E-state index in [2.05, 4.69) is 79.9 Å². The van der Waals surface area contributed by atoms with E-state index in [1.807, 2.05) is 11.3 Å². The molecule has 2 rings (SSSR count). The van der Waals surface area contributed by atoms with Gasteiger partial charge in [0.15, 0.2) is 0 Å². The Balaban J connectivity index is 2.28. The minimum absolute atomic E-state index is 0.362. The number of nitrogens with one attached hydrogen (secondary N) is 1. The molecule has 0 saturated heterocycles. The highest BCUT2D eigenvalue weighted by Crippen LogP contribution is 2.33. The number of rotatable bonds is 5. The van der Waals surface area contributed by atoms with Crippen LogP contribution in [0, 0.1) is 5.92 Å². The third-order valence-corrected chi connectivity index (χ3v) is 4.17. The average Bonchev–Trinajstić information content (AvgIpc) is 2.89. The maximum Gasteiger partial charge on any atom is 0.0630 e. The van der Waals surface area contributed by atoms with Gasteiger partial charge in [-0.25, -0.2) is 0 Å². The lowest BCUT2D eigenvalue weighted by molar-refractivity contribution is 0.554. The van der Waals surface area contributed by atoms with E-state index in [0.717, 1.165) is 0 Å². The summed E-state index contributed by atoms with van der Waals surface area (Å²) >= 11 is 1.82. The van der Waals surface area contributed by atoms with Gasteiger partial charge in [-0.15, -0.1) is 11.3 Å². The van der Waals surface area contributed by atoms with Crippen molar-refractivity contribution in [3.63, 3.8) is 0 Å². The maximum atomic E-state index is 3.70. The van der Waals surface area contributed by atoms with Crippen LogP contribution in [-0.4, -0.2) is 14.1 Å². The van der Waals surface area contributed by atoms with Crippen LogP contribution in [0.25, 0.3) is 0 Å². The van der Waals surface area contributed by atoms with E-state index in [0.29, 0.717) is 12.0 Å². The number of benzene rings is 1. The molecule has 2 nitrogen and oxygen atoms in total. The molecule has 2 aromatic rings. The topological polar surface area (TPSA) is 15.3 Å². The van der Waals surface area contributed by atoms with Crippen molar-refractivity contribution in [1.29, 1.82) is 0 Å². The molecule has 0 radical (unpaired) electrons. The zero-order chi connectivity index (χ0) is 13.8. The molecule has 0 aliphatic carbocycles. The molecule has 1 atom stereocenters. The number of hydrogen-bond donors (Lipinski definition) is 1. The van der Waals surface area contributed by atoms with E-state index in [4.69, 9.17) is 0 Å². The fourth-order valence-electron chi connectivity index (χ4n) is 2.19. The van der Waals surface area contributed by atoms with Gasteiger partial charge in [-0.2, -0.15) is 0 Å². The number of para-hydroxylation sites is 2. The van der Waals surface area contributed by atoms with Crippen molar-refractivity contribution in [2.75, 3.05) is 24.3 Å². The summed E-state index contributed by atoms with van der Waals surface area (Å²) < 4.78 is 0. The summed E-state index contributed by atoms with van der Waals surface area (Å²) in [5, 5.41) is 5.84. The molecule has 1 aromatic heterocycles. The highest BCUT2D eigenvalue weighted by molar-refractivity contribution is 7.10. The fraction of sp³-hybridized carbons (Fsp3) is 0.375. The summed E-state index contributed by atoms with van der Waals surface area (Å²) in [7, 11) is 4.16. The van der Waals surface area contributed by atoms with Crippen LogP contribution in [0.15, 0.2) is 41.8 Å². The summed E-state index contributed by atoms with van der Waals surface area (Å²) in [6.07, 6.45) is 0. The first kappa shape index (κ1) is 13.9. The number of nitrogens with zero attached hydrogens (tertiary/aromatic N) is 1. The van der Waals surface area contributed by atoms with E-state index < -0.39 is 0 Å². The van der Waals surface area contributed by atoms with Crippen molar-refractivity contribution in [3.05, 3.63) is 46.7 Å². The minimum Gasteiger partial charge on any atom is -0.376 e. The molecule has 0 bridgehead atoms. The predicted molar refractivity (Wildman–Crippen MR) is 86.3 cm³/mol. The van der Waals surface area contributed by atoms with Crippen LogP contribution in [0.2, 0.25) is 0 Å². The lowest BCUT2D eigenvalue weighted by Gasteiger charge is -2.26. The largest absolute Gasteiger partial charge is 0.376 e. The van der Waals surface area contributed by atoms with Gasteiger partial charge in [-0.3, -0.25) is 0 Å². The normalized spacial score (nSPS) is 12.5. The molecular formula is C16H22N2S. The maximum absolute atomic E-state index is 3.70. The SMILES string of the molecule is CC(C)C(Nc1ccccc1N(C)C)c1cccs1. The molecule has 1 aromatic carbocycles. The van der Waals surface area contributed by atoms with Crippen LogP contribution in [0.5, 0.6) is 0 Å². The summed E-state index contributed by atoms with van der Waals surface area (Å²) in [5.41, 5.74) is 2.42. The minimum atomic E-state index is 0.362. The molecule has 102 valence electrons. The highest BCUT2D eigenvalue weighted by atomic mass is 32.1. The van der Waals surface area contributed by atoms with Gasteiger partial charge in [0.05, 0.1) is 17.4 Å². The van der Waals surface area contributed by atoms with Gasteiger partial charge in [0.2, 0.25) is 0 Å². The Labute approximate surface area is 120 Å². The quantitative estimate of drug-likeness (QED) is 0.855. The molecule has 0 spiro atoms. The van der Waals surface area contributed by atoms with Crippen molar-refractivity contribution in [1.82, 2.24) is 0 Å². The standard InChI is InChI=1S/C16H22N2S/c1-12(2)16(15-10-7-11-19-15)17-13-8-5-6-9-14(13)18(3)4/h5-12,16-17H,1-4H3. The van der Waals surface area contributed by atoms with E-state index >= 15 is 0 Å². The van der Waals surface area contributed by atoms with Gasteiger partial charge in [0, 0.05) is 19.0 Å². The third kappa shape index (κ3) is 3.29. The molecule has 0 saturated carbocycles. The van der Waals surface area contributed by atoms with Gasteiger partial charge < -0.3 is 10.2 Å². The Kier molecular flexibility index (Phi) is 4.48. The monoisotopic (exact) mass is 274 g/mol. The molecule has 1 unspecified atom stereocenters. The Hall–Kier alpha value is -1.48. The second-order valence-electron chi connectivity index (χ2n) is 5.29. The van der Waals surface area contributed by atoms with Gasteiger partial charge in [-0.05, 0) is 29.5 Å². The van der Waals surface area contributed by atoms with E-state index in [1.165, 1.54) is 16.3 Å². The zero-order valence-corrected chi connectivity index (χ0v) is 12.9. The van der Waals surface area contributed by atoms with Crippen molar-refractivity contribution < 1.29 is 0 Å².